The minimum absolute atomic E-state index is 0.0252. The number of pyridine rings is 1. The molecule has 1 atom stereocenters. The summed E-state index contributed by atoms with van der Waals surface area (Å²) < 4.78 is 4.86. The highest BCUT2D eigenvalue weighted by atomic mass is 16.5. The van der Waals surface area contributed by atoms with Crippen LogP contribution in [0.2, 0.25) is 0 Å². The third-order valence-electron chi connectivity index (χ3n) is 3.23. The van der Waals surface area contributed by atoms with E-state index in [0.29, 0.717) is 25.3 Å². The zero-order chi connectivity index (χ0) is 14.4. The van der Waals surface area contributed by atoms with Gasteiger partial charge in [-0.3, -0.25) is 9.78 Å². The van der Waals surface area contributed by atoms with Gasteiger partial charge in [-0.05, 0) is 31.9 Å². The van der Waals surface area contributed by atoms with Gasteiger partial charge in [-0.2, -0.15) is 0 Å². The summed E-state index contributed by atoms with van der Waals surface area (Å²) in [5.74, 6) is -0.0252. The first-order chi connectivity index (χ1) is 9.70. The van der Waals surface area contributed by atoms with Crippen molar-refractivity contribution in [2.24, 2.45) is 0 Å². The maximum absolute atomic E-state index is 12.3. The molecule has 1 aromatic heterocycles. The van der Waals surface area contributed by atoms with Gasteiger partial charge in [0.25, 0.3) is 5.91 Å². The second-order valence-corrected chi connectivity index (χ2v) is 4.69. The lowest BCUT2D eigenvalue weighted by molar-refractivity contribution is 0.0686. The molecule has 2 rings (SSSR count). The van der Waals surface area contributed by atoms with Crippen LogP contribution in [0.4, 0.5) is 4.79 Å². The normalized spacial score (nSPS) is 18.4. The Morgan fingerprint density at radius 2 is 2.20 bits per heavy atom. The van der Waals surface area contributed by atoms with E-state index in [1.807, 2.05) is 0 Å². The second-order valence-electron chi connectivity index (χ2n) is 4.69. The highest BCUT2D eigenvalue weighted by molar-refractivity contribution is 5.94. The van der Waals surface area contributed by atoms with E-state index in [4.69, 9.17) is 4.74 Å². The number of likely N-dealkylation sites (tertiary alicyclic amines) is 1. The van der Waals surface area contributed by atoms with Crippen molar-refractivity contribution in [3.05, 3.63) is 30.1 Å². The lowest BCUT2D eigenvalue weighted by atomic mass is 10.0. The van der Waals surface area contributed by atoms with Gasteiger partial charge in [-0.1, -0.05) is 0 Å². The van der Waals surface area contributed by atoms with E-state index in [2.05, 4.69) is 10.3 Å². The fraction of sp³-hybridized carbons (Fsp3) is 0.500. The van der Waals surface area contributed by atoms with Crippen molar-refractivity contribution in [2.45, 2.75) is 25.8 Å². The summed E-state index contributed by atoms with van der Waals surface area (Å²) in [5.41, 5.74) is 0.622. The Kier molecular flexibility index (Phi) is 4.92. The van der Waals surface area contributed by atoms with Gasteiger partial charge < -0.3 is 15.0 Å². The Hall–Kier alpha value is -2.11. The SMILES string of the molecule is CCOC(=O)N[C@@H]1CCCN(C(=O)c2ccncc2)C1. The van der Waals surface area contributed by atoms with Crippen LogP contribution < -0.4 is 5.32 Å². The minimum atomic E-state index is -0.421. The fourth-order valence-corrected chi connectivity index (χ4v) is 2.30. The summed E-state index contributed by atoms with van der Waals surface area (Å²) in [7, 11) is 0. The van der Waals surface area contributed by atoms with Gasteiger partial charge in [-0.15, -0.1) is 0 Å². The molecule has 2 heterocycles. The summed E-state index contributed by atoms with van der Waals surface area (Å²) in [6.45, 7) is 3.33. The largest absolute Gasteiger partial charge is 0.450 e. The predicted octanol–water partition coefficient (Wildman–Crippen LogP) is 1.43. The number of hydrogen-bond donors (Lipinski definition) is 1. The van der Waals surface area contributed by atoms with Gasteiger partial charge in [0, 0.05) is 37.1 Å². The number of rotatable bonds is 3. The van der Waals surface area contributed by atoms with Crippen LogP contribution in [0.3, 0.4) is 0 Å². The molecule has 2 amide bonds. The van der Waals surface area contributed by atoms with Crippen molar-refractivity contribution >= 4 is 12.0 Å². The monoisotopic (exact) mass is 277 g/mol. The van der Waals surface area contributed by atoms with Crippen LogP contribution in [-0.4, -0.2) is 47.6 Å². The number of carbonyl (C=O) groups is 2. The van der Waals surface area contributed by atoms with Gasteiger partial charge in [0.05, 0.1) is 6.61 Å². The van der Waals surface area contributed by atoms with Crippen LogP contribution in [0.5, 0.6) is 0 Å². The number of ether oxygens (including phenoxy) is 1. The Morgan fingerprint density at radius 1 is 1.45 bits per heavy atom. The molecule has 0 saturated carbocycles. The molecule has 0 spiro atoms. The molecule has 1 fully saturated rings. The first-order valence-corrected chi connectivity index (χ1v) is 6.83. The second kappa shape index (κ2) is 6.88. The van der Waals surface area contributed by atoms with Crippen LogP contribution in [0.25, 0.3) is 0 Å². The molecule has 0 radical (unpaired) electrons. The van der Waals surface area contributed by atoms with Crippen molar-refractivity contribution < 1.29 is 14.3 Å². The Labute approximate surface area is 118 Å². The lowest BCUT2D eigenvalue weighted by Gasteiger charge is -2.33. The molecular weight excluding hydrogens is 258 g/mol. The molecule has 0 bridgehead atoms. The summed E-state index contributed by atoms with van der Waals surface area (Å²) >= 11 is 0. The summed E-state index contributed by atoms with van der Waals surface area (Å²) in [6.07, 6.45) is 4.51. The topological polar surface area (TPSA) is 71.5 Å². The highest BCUT2D eigenvalue weighted by Crippen LogP contribution is 2.13. The van der Waals surface area contributed by atoms with Crippen LogP contribution in [0, 0.1) is 0 Å². The van der Waals surface area contributed by atoms with Gasteiger partial charge in [-0.25, -0.2) is 4.79 Å². The number of aromatic nitrogens is 1. The molecule has 108 valence electrons. The van der Waals surface area contributed by atoms with Crippen molar-refractivity contribution in [3.8, 4) is 0 Å². The van der Waals surface area contributed by atoms with Crippen molar-refractivity contribution in [1.29, 1.82) is 0 Å². The van der Waals surface area contributed by atoms with E-state index in [1.165, 1.54) is 0 Å². The summed E-state index contributed by atoms with van der Waals surface area (Å²) in [5, 5.41) is 2.79. The molecular formula is C14H19N3O3. The smallest absolute Gasteiger partial charge is 0.407 e. The Bertz CT molecular complexity index is 464. The number of nitrogens with one attached hydrogen (secondary N) is 1. The number of piperidine rings is 1. The molecule has 1 aromatic rings. The predicted molar refractivity (Wildman–Crippen MR) is 73.3 cm³/mol. The quantitative estimate of drug-likeness (QED) is 0.907. The molecule has 1 saturated heterocycles. The van der Waals surface area contributed by atoms with E-state index < -0.39 is 6.09 Å². The summed E-state index contributed by atoms with van der Waals surface area (Å²) in [6, 6.07) is 3.35. The maximum Gasteiger partial charge on any atom is 0.407 e. The zero-order valence-electron chi connectivity index (χ0n) is 11.5. The number of hydrogen-bond acceptors (Lipinski definition) is 4. The van der Waals surface area contributed by atoms with Crippen molar-refractivity contribution in [2.75, 3.05) is 19.7 Å². The van der Waals surface area contributed by atoms with E-state index >= 15 is 0 Å². The minimum Gasteiger partial charge on any atom is -0.450 e. The van der Waals surface area contributed by atoms with Crippen molar-refractivity contribution in [1.82, 2.24) is 15.2 Å². The van der Waals surface area contributed by atoms with Crippen LogP contribution in [0.1, 0.15) is 30.1 Å². The molecule has 1 aliphatic rings. The molecule has 0 aliphatic carbocycles. The van der Waals surface area contributed by atoms with Crippen molar-refractivity contribution in [3.63, 3.8) is 0 Å². The standard InChI is InChI=1S/C14H19N3O3/c1-2-20-14(19)16-12-4-3-9-17(10-12)13(18)11-5-7-15-8-6-11/h5-8,12H,2-4,9-10H2,1H3,(H,16,19)/t12-/m1/s1. The van der Waals surface area contributed by atoms with Gasteiger partial charge >= 0.3 is 6.09 Å². The molecule has 20 heavy (non-hydrogen) atoms. The van der Waals surface area contributed by atoms with Gasteiger partial charge in [0.1, 0.15) is 0 Å². The Balaban J connectivity index is 1.93. The average Bonchev–Trinajstić information content (AvgIpc) is 2.48. The number of amides is 2. The third kappa shape index (κ3) is 3.69. The van der Waals surface area contributed by atoms with Crippen LogP contribution >= 0.6 is 0 Å². The Morgan fingerprint density at radius 3 is 2.90 bits per heavy atom. The molecule has 0 aromatic carbocycles. The van der Waals surface area contributed by atoms with E-state index in [1.54, 1.807) is 36.4 Å². The number of nitrogens with zero attached hydrogens (tertiary/aromatic N) is 2. The molecule has 6 heteroatoms. The van der Waals surface area contributed by atoms with E-state index in [9.17, 15) is 9.59 Å². The van der Waals surface area contributed by atoms with E-state index in [-0.39, 0.29) is 11.9 Å². The molecule has 6 nitrogen and oxygen atoms in total. The fourth-order valence-electron chi connectivity index (χ4n) is 2.30. The number of alkyl carbamates (subject to hydrolysis) is 1. The number of carbonyl (C=O) groups excluding carboxylic acids is 2. The molecule has 0 unspecified atom stereocenters. The zero-order valence-corrected chi connectivity index (χ0v) is 11.5. The third-order valence-corrected chi connectivity index (χ3v) is 3.23. The van der Waals surface area contributed by atoms with E-state index in [0.717, 1.165) is 12.8 Å². The lowest BCUT2D eigenvalue weighted by Crippen LogP contribution is -2.49. The van der Waals surface area contributed by atoms with Gasteiger partial charge in [0.15, 0.2) is 0 Å². The first-order valence-electron chi connectivity index (χ1n) is 6.83. The molecule has 1 N–H and O–H groups in total. The van der Waals surface area contributed by atoms with Gasteiger partial charge in [0.2, 0.25) is 0 Å². The maximum atomic E-state index is 12.3. The first kappa shape index (κ1) is 14.3. The van der Waals surface area contributed by atoms with Crippen LogP contribution in [0.15, 0.2) is 24.5 Å². The van der Waals surface area contributed by atoms with Crippen LogP contribution in [-0.2, 0) is 4.74 Å². The molecule has 1 aliphatic heterocycles. The summed E-state index contributed by atoms with van der Waals surface area (Å²) in [4.78, 5) is 29.4. The highest BCUT2D eigenvalue weighted by Gasteiger charge is 2.25. The average molecular weight is 277 g/mol.